The van der Waals surface area contributed by atoms with E-state index in [-0.39, 0.29) is 32.9 Å². The predicted molar refractivity (Wildman–Crippen MR) is 142 cm³/mol. The Morgan fingerprint density at radius 3 is 1.00 bits per heavy atom. The Labute approximate surface area is 206 Å². The van der Waals surface area contributed by atoms with Crippen LogP contribution in [0.2, 0.25) is 0 Å². The molecule has 0 amide bonds. The van der Waals surface area contributed by atoms with Gasteiger partial charge in [-0.1, -0.05) is 0 Å². The molecule has 0 spiro atoms. The van der Waals surface area contributed by atoms with Gasteiger partial charge in [0.15, 0.2) is 0 Å². The average Bonchev–Trinajstić information content (AvgIpc) is 2.55. The van der Waals surface area contributed by atoms with Gasteiger partial charge < -0.3 is 0 Å². The monoisotopic (exact) mass is 564 g/mol. The Hall–Kier alpha value is 0.922. The van der Waals surface area contributed by atoms with E-state index in [1.54, 1.807) is 0 Å². The van der Waals surface area contributed by atoms with E-state index < -0.39 is 0 Å². The first-order valence-corrected chi connectivity index (χ1v) is 18.0. The van der Waals surface area contributed by atoms with Crippen molar-refractivity contribution < 1.29 is 26.5 Å². The topological polar surface area (TPSA) is 18.5 Å². The van der Waals surface area contributed by atoms with Crippen molar-refractivity contribution in [1.29, 1.82) is 0 Å². The van der Waals surface area contributed by atoms with E-state index >= 15 is 0 Å². The molecule has 0 aromatic heterocycles. The van der Waals surface area contributed by atoms with Crippen LogP contribution in [0.5, 0.6) is 0 Å². The van der Waals surface area contributed by atoms with Crippen LogP contribution in [0.1, 0.15) is 83.1 Å². The average molecular weight is 565 g/mol. The van der Waals surface area contributed by atoms with Crippen LogP contribution in [0.4, 0.5) is 0 Å². The van der Waals surface area contributed by atoms with E-state index in [2.05, 4.69) is 107 Å². The zero-order valence-corrected chi connectivity index (χ0v) is 26.4. The van der Waals surface area contributed by atoms with Crippen LogP contribution >= 0.6 is 13.5 Å². The molecule has 188 valence electrons. The van der Waals surface area contributed by atoms with Gasteiger partial charge in [0, 0.05) is 0 Å². The number of allylic oxidation sites excluding steroid dienone is 2. The number of hydrogen-bond acceptors (Lipinski definition) is 2. The first-order chi connectivity index (χ1) is 13.8. The van der Waals surface area contributed by atoms with Crippen LogP contribution in [0, 0.1) is 21.7 Å². The van der Waals surface area contributed by atoms with Gasteiger partial charge in [-0.3, -0.25) is 0 Å². The van der Waals surface area contributed by atoms with Crippen molar-refractivity contribution in [1.82, 2.24) is 0 Å². The predicted octanol–water partition coefficient (Wildman–Crippen LogP) is 8.32. The molecule has 0 saturated carbocycles. The second-order valence-corrected chi connectivity index (χ2v) is 21.1. The van der Waals surface area contributed by atoms with E-state index in [9.17, 15) is 0 Å². The van der Waals surface area contributed by atoms with Gasteiger partial charge in [-0.25, -0.2) is 0 Å². The summed E-state index contributed by atoms with van der Waals surface area (Å²) < 4.78 is 12.2. The van der Waals surface area contributed by atoms with Crippen molar-refractivity contribution in [3.05, 3.63) is 24.3 Å². The molecule has 0 fully saturated rings. The van der Waals surface area contributed by atoms with E-state index in [0.29, 0.717) is 0 Å². The molecule has 0 bridgehead atoms. The molecular weight excluding hydrogens is 513 g/mol. The molecule has 0 aliphatic rings. The van der Waals surface area contributed by atoms with Crippen LogP contribution in [0.15, 0.2) is 24.3 Å². The summed E-state index contributed by atoms with van der Waals surface area (Å²) in [6, 6.07) is 0. The molecule has 0 aliphatic carbocycles. The quantitative estimate of drug-likeness (QED) is 0.115. The van der Waals surface area contributed by atoms with Crippen molar-refractivity contribution in [2.75, 3.05) is 26.5 Å². The zero-order valence-electron chi connectivity index (χ0n) is 22.9. The Balaban J connectivity index is 4.85. The maximum atomic E-state index is 6.12. The minimum atomic E-state index is -0.259. The van der Waals surface area contributed by atoms with Gasteiger partial charge in [-0.05, 0) is 0 Å². The van der Waals surface area contributed by atoms with E-state index in [1.165, 1.54) is 0 Å². The number of methoxy groups -OCH3 is 2. The summed E-state index contributed by atoms with van der Waals surface area (Å²) >= 11 is 0.832. The van der Waals surface area contributed by atoms with E-state index in [1.807, 2.05) is 14.2 Å². The third-order valence-electron chi connectivity index (χ3n) is 6.28. The number of ether oxygens (including phenoxy) is 2. The van der Waals surface area contributed by atoms with E-state index in [4.69, 9.17) is 9.47 Å². The van der Waals surface area contributed by atoms with Gasteiger partial charge in [-0.15, -0.1) is 0 Å². The summed E-state index contributed by atoms with van der Waals surface area (Å²) in [5.74, 6) is 0. The Bertz CT molecular complexity index is 504. The zero-order chi connectivity index (χ0) is 24.8. The third kappa shape index (κ3) is 7.98. The first kappa shape index (κ1) is 31.9. The summed E-state index contributed by atoms with van der Waals surface area (Å²) in [6.45, 7) is 29.4. The first-order valence-electron chi connectivity index (χ1n) is 11.3. The summed E-state index contributed by atoms with van der Waals surface area (Å²) in [5, 5.41) is 0. The van der Waals surface area contributed by atoms with Gasteiger partial charge >= 0.3 is 207 Å². The minimum absolute atomic E-state index is 0.0459. The SMILES string of the molecule is COC(C=CC[PH][Pd][PH]CC=CC(OC)(C(C)(C)C)C(C)(C)C)(C(C)(C)C)C(C)(C)C. The van der Waals surface area contributed by atoms with Crippen molar-refractivity contribution in [2.45, 2.75) is 94.3 Å². The fourth-order valence-electron chi connectivity index (χ4n) is 5.24. The second kappa shape index (κ2) is 12.1. The molecule has 31 heavy (non-hydrogen) atoms. The van der Waals surface area contributed by atoms with Crippen molar-refractivity contribution in [3.63, 3.8) is 0 Å². The summed E-state index contributed by atoms with van der Waals surface area (Å²) in [4.78, 5) is 0. The Kier molecular flexibility index (Phi) is 12.4. The normalized spacial score (nSPS) is 16.3. The van der Waals surface area contributed by atoms with Crippen LogP contribution < -0.4 is 0 Å². The number of hydrogen-bond donors (Lipinski definition) is 0. The molecule has 2 atom stereocenters. The molecule has 0 heterocycles. The van der Waals surface area contributed by atoms with Gasteiger partial charge in [-0.2, -0.15) is 0 Å². The molecule has 0 aromatic rings. The fraction of sp³-hybridized carbons (Fsp3) is 0.846. The molecular formula is C26H52O2P2Pd. The molecule has 0 aliphatic heterocycles. The Morgan fingerprint density at radius 1 is 0.548 bits per heavy atom. The van der Waals surface area contributed by atoms with Crippen molar-refractivity contribution in [2.24, 2.45) is 21.7 Å². The van der Waals surface area contributed by atoms with Gasteiger partial charge in [0.1, 0.15) is 0 Å². The second-order valence-electron chi connectivity index (χ2n) is 12.4. The summed E-state index contributed by atoms with van der Waals surface area (Å²) in [7, 11) is 3.71. The molecule has 0 aromatic carbocycles. The number of rotatable bonds is 10. The summed E-state index contributed by atoms with van der Waals surface area (Å²) in [6.07, 6.45) is 11.7. The third-order valence-corrected chi connectivity index (χ3v) is 14.8. The molecule has 0 N–H and O–H groups in total. The van der Waals surface area contributed by atoms with Crippen molar-refractivity contribution in [3.8, 4) is 0 Å². The van der Waals surface area contributed by atoms with E-state index in [0.717, 1.165) is 42.9 Å². The summed E-state index contributed by atoms with van der Waals surface area (Å²) in [5.41, 5.74) is -0.335. The molecule has 0 radical (unpaired) electrons. The molecule has 2 unspecified atom stereocenters. The van der Waals surface area contributed by atoms with Crippen LogP contribution in [-0.4, -0.2) is 37.7 Å². The Morgan fingerprint density at radius 2 is 0.806 bits per heavy atom. The van der Waals surface area contributed by atoms with Gasteiger partial charge in [0.2, 0.25) is 0 Å². The fourth-order valence-corrected chi connectivity index (χ4v) is 12.2. The van der Waals surface area contributed by atoms with Crippen LogP contribution in [0.25, 0.3) is 0 Å². The molecule has 0 saturated heterocycles. The van der Waals surface area contributed by atoms with Gasteiger partial charge in [0.25, 0.3) is 0 Å². The van der Waals surface area contributed by atoms with Crippen molar-refractivity contribution >= 4 is 13.5 Å². The molecule has 0 rings (SSSR count). The van der Waals surface area contributed by atoms with Crippen LogP contribution in [0.3, 0.4) is 0 Å². The molecule has 2 nitrogen and oxygen atoms in total. The van der Waals surface area contributed by atoms with Gasteiger partial charge in [0.05, 0.1) is 0 Å². The maximum absolute atomic E-state index is 6.12. The van der Waals surface area contributed by atoms with Crippen LogP contribution in [-0.2, 0) is 26.5 Å². The molecule has 5 heteroatoms. The standard InChI is InChI=1S/2C13H26OP.Pd/c2*1-11(2,3)13(14-7,9-8-10-15)12(4,5)6;/h2*8-9,15H,10H2,1-7H3;/q2*-1;+2.